The molecule has 0 amide bonds. The molecule has 5 aliphatic rings. The molecule has 0 unspecified atom stereocenters. The molecule has 0 bridgehead atoms. The van der Waals surface area contributed by atoms with Crippen molar-refractivity contribution in [2.24, 2.45) is 64.1 Å². The molecule has 0 N–H and O–H groups in total. The van der Waals surface area contributed by atoms with Gasteiger partial charge < -0.3 is 0 Å². The van der Waals surface area contributed by atoms with Gasteiger partial charge in [-0.25, -0.2) is 0 Å². The Morgan fingerprint density at radius 3 is 2.48 bits per heavy atom. The maximum atomic E-state index is 12.4. The Morgan fingerprint density at radius 1 is 1.00 bits per heavy atom. The zero-order chi connectivity index (χ0) is 22.1. The van der Waals surface area contributed by atoms with Gasteiger partial charge in [0.25, 0.3) is 0 Å². The number of ketones is 1. The molecule has 0 aromatic carbocycles. The lowest BCUT2D eigenvalue weighted by Gasteiger charge is -2.58. The van der Waals surface area contributed by atoms with Crippen LogP contribution in [-0.2, 0) is 4.79 Å². The Balaban J connectivity index is 1.32. The monoisotopic (exact) mass is 424 g/mol. The molecule has 174 valence electrons. The predicted octanol–water partition coefficient (Wildman–Crippen LogP) is 8.09. The van der Waals surface area contributed by atoms with Gasteiger partial charge in [0.2, 0.25) is 0 Å². The smallest absolute Gasteiger partial charge is 0.159 e. The summed E-state index contributed by atoms with van der Waals surface area (Å²) in [6.45, 7) is 15.1. The first kappa shape index (κ1) is 22.2. The fourth-order valence-corrected chi connectivity index (χ4v) is 10.1. The van der Waals surface area contributed by atoms with Crippen LogP contribution in [0.4, 0.5) is 0 Å². The van der Waals surface area contributed by atoms with E-state index in [1.165, 1.54) is 64.2 Å². The van der Waals surface area contributed by atoms with Crippen molar-refractivity contribution in [3.05, 3.63) is 11.6 Å². The molecule has 0 aromatic heterocycles. The van der Waals surface area contributed by atoms with E-state index in [0.29, 0.717) is 28.4 Å². The molecule has 31 heavy (non-hydrogen) atoms. The van der Waals surface area contributed by atoms with Gasteiger partial charge in [0, 0.05) is 5.92 Å². The summed E-state index contributed by atoms with van der Waals surface area (Å²) in [5, 5.41) is 0. The second kappa shape index (κ2) is 7.73. The summed E-state index contributed by atoms with van der Waals surface area (Å²) in [7, 11) is 0. The highest BCUT2D eigenvalue weighted by Crippen LogP contribution is 2.72. The van der Waals surface area contributed by atoms with Crippen molar-refractivity contribution in [2.75, 3.05) is 0 Å². The van der Waals surface area contributed by atoms with Crippen LogP contribution in [-0.4, -0.2) is 5.78 Å². The minimum Gasteiger partial charge on any atom is -0.295 e. The first-order chi connectivity index (χ1) is 14.7. The molecule has 1 heteroatoms. The zero-order valence-corrected chi connectivity index (χ0v) is 21.3. The minimum absolute atomic E-state index is 0.359. The standard InChI is InChI=1S/C30H48O/c1-7-20(18(2)3)9-8-19(4)24-12-13-25-22-11-10-21-16-28(31)23-17-27(23)30(21,6)26(22)14-15-29(24,25)5/h16,18-20,22-27H,7-15,17H2,1-6H3/t19-,20-,22+,23-,24-,25+,26+,27+,29-,30+/m1/s1. The van der Waals surface area contributed by atoms with Crippen LogP contribution in [0.15, 0.2) is 11.6 Å². The predicted molar refractivity (Wildman–Crippen MR) is 130 cm³/mol. The summed E-state index contributed by atoms with van der Waals surface area (Å²) < 4.78 is 0. The number of carbonyl (C=O) groups excluding carboxylic acids is 1. The van der Waals surface area contributed by atoms with E-state index in [4.69, 9.17) is 0 Å². The third-order valence-electron chi connectivity index (χ3n) is 12.1. The van der Waals surface area contributed by atoms with Crippen LogP contribution in [0.25, 0.3) is 0 Å². The third-order valence-corrected chi connectivity index (χ3v) is 12.1. The molecule has 5 aliphatic carbocycles. The highest BCUT2D eigenvalue weighted by atomic mass is 16.1. The van der Waals surface area contributed by atoms with Crippen molar-refractivity contribution >= 4 is 5.78 Å². The van der Waals surface area contributed by atoms with Crippen molar-refractivity contribution in [3.8, 4) is 0 Å². The highest BCUT2D eigenvalue weighted by Gasteiger charge is 2.66. The average Bonchev–Trinajstić information content (AvgIpc) is 3.47. The lowest BCUT2D eigenvalue weighted by molar-refractivity contribution is -0.118. The van der Waals surface area contributed by atoms with E-state index < -0.39 is 0 Å². The molecule has 5 rings (SSSR count). The summed E-state index contributed by atoms with van der Waals surface area (Å²) in [5.41, 5.74) is 2.49. The maximum absolute atomic E-state index is 12.4. The minimum atomic E-state index is 0.359. The second-order valence-electron chi connectivity index (χ2n) is 13.4. The number of fused-ring (bicyclic) bond motifs is 7. The van der Waals surface area contributed by atoms with Gasteiger partial charge in [0.15, 0.2) is 5.78 Å². The van der Waals surface area contributed by atoms with Crippen LogP contribution < -0.4 is 0 Å². The van der Waals surface area contributed by atoms with Gasteiger partial charge in [0.05, 0.1) is 0 Å². The molecular formula is C30H48O. The Labute approximate surface area is 192 Å². The van der Waals surface area contributed by atoms with Crippen LogP contribution in [0.1, 0.15) is 106 Å². The van der Waals surface area contributed by atoms with Gasteiger partial charge in [-0.05, 0) is 116 Å². The lowest BCUT2D eigenvalue weighted by atomic mass is 9.46. The number of carbonyl (C=O) groups is 1. The average molecular weight is 425 g/mol. The van der Waals surface area contributed by atoms with Gasteiger partial charge in [-0.1, -0.05) is 60.0 Å². The first-order valence-corrected chi connectivity index (χ1v) is 14.0. The molecule has 4 saturated carbocycles. The van der Waals surface area contributed by atoms with Crippen molar-refractivity contribution in [2.45, 2.75) is 106 Å². The summed E-state index contributed by atoms with van der Waals surface area (Å²) in [6, 6.07) is 0. The van der Waals surface area contributed by atoms with Crippen LogP contribution in [0.2, 0.25) is 0 Å². The fraction of sp³-hybridized carbons (Fsp3) is 0.900. The van der Waals surface area contributed by atoms with E-state index in [2.05, 4.69) is 47.6 Å². The summed E-state index contributed by atoms with van der Waals surface area (Å²) in [5.74, 6) is 7.84. The quantitative estimate of drug-likeness (QED) is 0.421. The highest BCUT2D eigenvalue weighted by molar-refractivity contribution is 5.96. The molecule has 0 aromatic rings. The van der Waals surface area contributed by atoms with Crippen LogP contribution in [0.3, 0.4) is 0 Å². The van der Waals surface area contributed by atoms with Gasteiger partial charge in [-0.15, -0.1) is 0 Å². The van der Waals surface area contributed by atoms with Gasteiger partial charge in [-0.3, -0.25) is 4.79 Å². The second-order valence-corrected chi connectivity index (χ2v) is 13.4. The largest absolute Gasteiger partial charge is 0.295 e. The Kier molecular flexibility index (Phi) is 5.54. The van der Waals surface area contributed by atoms with E-state index >= 15 is 0 Å². The van der Waals surface area contributed by atoms with Crippen molar-refractivity contribution in [1.82, 2.24) is 0 Å². The SMILES string of the molecule is CC[C@H](CC[C@@H](C)[C@H]1CC[C@H]2[C@@H]3CCC4=CC(=O)[C@@H]5C[C@@H]5[C@]4(C)[C@H]3CC[C@]12C)C(C)C. The van der Waals surface area contributed by atoms with Crippen molar-refractivity contribution < 1.29 is 4.79 Å². The molecule has 10 atom stereocenters. The number of rotatable bonds is 6. The van der Waals surface area contributed by atoms with E-state index in [1.807, 2.05) is 0 Å². The topological polar surface area (TPSA) is 17.1 Å². The normalized spacial score (nSPS) is 47.7. The number of hydrogen-bond acceptors (Lipinski definition) is 1. The number of allylic oxidation sites excluding steroid dienone is 1. The van der Waals surface area contributed by atoms with E-state index in [-0.39, 0.29) is 0 Å². The van der Waals surface area contributed by atoms with Crippen molar-refractivity contribution in [3.63, 3.8) is 0 Å². The van der Waals surface area contributed by atoms with Crippen LogP contribution in [0.5, 0.6) is 0 Å². The van der Waals surface area contributed by atoms with Gasteiger partial charge >= 0.3 is 0 Å². The molecule has 0 radical (unpaired) electrons. The fourth-order valence-electron chi connectivity index (χ4n) is 10.1. The third kappa shape index (κ3) is 3.25. The molecule has 0 saturated heterocycles. The van der Waals surface area contributed by atoms with Gasteiger partial charge in [-0.2, -0.15) is 0 Å². The summed E-state index contributed by atoms with van der Waals surface area (Å²) >= 11 is 0. The van der Waals surface area contributed by atoms with E-state index in [0.717, 1.165) is 41.4 Å². The first-order valence-electron chi connectivity index (χ1n) is 14.0. The molecule has 0 spiro atoms. The Bertz CT molecular complexity index is 748. The summed E-state index contributed by atoms with van der Waals surface area (Å²) in [6.07, 6.45) is 15.9. The molecule has 0 heterocycles. The molecule has 0 aliphatic heterocycles. The summed E-state index contributed by atoms with van der Waals surface area (Å²) in [4.78, 5) is 12.4. The van der Waals surface area contributed by atoms with Crippen LogP contribution in [0, 0.1) is 64.1 Å². The molecule has 4 fully saturated rings. The van der Waals surface area contributed by atoms with Crippen LogP contribution >= 0.6 is 0 Å². The maximum Gasteiger partial charge on any atom is 0.159 e. The Hall–Kier alpha value is -0.590. The van der Waals surface area contributed by atoms with Crippen molar-refractivity contribution in [1.29, 1.82) is 0 Å². The Morgan fingerprint density at radius 2 is 1.77 bits per heavy atom. The zero-order valence-electron chi connectivity index (χ0n) is 21.3. The molecule has 1 nitrogen and oxygen atoms in total. The number of hydrogen-bond donors (Lipinski definition) is 0. The van der Waals surface area contributed by atoms with Gasteiger partial charge in [0.1, 0.15) is 0 Å². The lowest BCUT2D eigenvalue weighted by Crippen LogP contribution is -2.51. The molecular weight excluding hydrogens is 376 g/mol. The van der Waals surface area contributed by atoms with E-state index in [1.54, 1.807) is 5.57 Å². The van der Waals surface area contributed by atoms with E-state index in [9.17, 15) is 4.79 Å².